The molecule has 0 spiro atoms. The molecule has 1 amide bonds. The van der Waals surface area contributed by atoms with Crippen LogP contribution in [0.1, 0.15) is 42.1 Å². The summed E-state index contributed by atoms with van der Waals surface area (Å²) in [6.07, 6.45) is 4.50. The molecule has 4 rings (SSSR count). The molecule has 2 atom stereocenters. The maximum Gasteiger partial charge on any atom is 0.343 e. The molecule has 0 bridgehead atoms. The average Bonchev–Trinajstić information content (AvgIpc) is 3.69. The lowest BCUT2D eigenvalue weighted by Gasteiger charge is -2.30. The largest absolute Gasteiger partial charge is 0.507 e. The number of carbonyl (C=O) groups excluding carboxylic acids is 1. The number of amides is 1. The molecule has 1 saturated carbocycles. The van der Waals surface area contributed by atoms with E-state index in [4.69, 9.17) is 10.2 Å². The lowest BCUT2D eigenvalue weighted by molar-refractivity contribution is -0.126. The number of nitrogens with one attached hydrogen (secondary N) is 2. The van der Waals surface area contributed by atoms with Gasteiger partial charge < -0.3 is 40.5 Å². The molecule has 2 aromatic heterocycles. The quantitative estimate of drug-likeness (QED) is 0.124. The van der Waals surface area contributed by atoms with Crippen LogP contribution in [0.15, 0.2) is 57.1 Å². The molecular weight excluding hydrogens is 570 g/mol. The van der Waals surface area contributed by atoms with Gasteiger partial charge in [0.25, 0.3) is 10.0 Å². The standard InChI is InChI=1S/C27H35N5O9S/c1-32-10-9-29-26(32)42(39,40)31-18-4-2-3-17(11-18)22(16-5-6-16)23-21(36)12-19(41-25(23)38)7-8-20(28)24(37)30-27(13-33,14-34)15-35/h2-4,9-12,16,20,22,31,33-36H,5-8,13-15,28H2,1H3,(H,30,37). The Morgan fingerprint density at radius 3 is 2.48 bits per heavy atom. The molecule has 1 aliphatic rings. The summed E-state index contributed by atoms with van der Waals surface area (Å²) in [5.41, 5.74) is 4.45. The summed E-state index contributed by atoms with van der Waals surface area (Å²) in [5, 5.41) is 41.3. The van der Waals surface area contributed by atoms with Crippen LogP contribution in [0.2, 0.25) is 0 Å². The molecule has 3 aromatic rings. The Kier molecular flexibility index (Phi) is 9.37. The number of nitrogens with two attached hydrogens (primary N) is 1. The Balaban J connectivity index is 1.52. The number of nitrogens with zero attached hydrogens (tertiary/aromatic N) is 2. The van der Waals surface area contributed by atoms with E-state index >= 15 is 0 Å². The third kappa shape index (κ3) is 6.82. The van der Waals surface area contributed by atoms with E-state index in [0.717, 1.165) is 12.8 Å². The molecule has 8 N–H and O–H groups in total. The Labute approximate surface area is 241 Å². The highest BCUT2D eigenvalue weighted by molar-refractivity contribution is 7.92. The highest BCUT2D eigenvalue weighted by Gasteiger charge is 2.38. The number of aliphatic hydroxyl groups is 3. The van der Waals surface area contributed by atoms with Gasteiger partial charge in [-0.2, -0.15) is 8.42 Å². The number of anilines is 1. The molecule has 42 heavy (non-hydrogen) atoms. The van der Waals surface area contributed by atoms with Crippen LogP contribution >= 0.6 is 0 Å². The summed E-state index contributed by atoms with van der Waals surface area (Å²) in [6.45, 7) is -2.11. The van der Waals surface area contributed by atoms with Crippen LogP contribution in [0.25, 0.3) is 0 Å². The van der Waals surface area contributed by atoms with Crippen molar-refractivity contribution in [2.24, 2.45) is 18.7 Å². The Bertz CT molecular complexity index is 1570. The number of rotatable bonds is 14. The lowest BCUT2D eigenvalue weighted by atomic mass is 9.87. The number of aromatic hydroxyl groups is 1. The van der Waals surface area contributed by atoms with Crippen molar-refractivity contribution >= 4 is 21.6 Å². The third-order valence-corrected chi connectivity index (χ3v) is 8.65. The molecule has 0 radical (unpaired) electrons. The second-order valence-electron chi connectivity index (χ2n) is 10.6. The highest BCUT2D eigenvalue weighted by atomic mass is 32.2. The van der Waals surface area contributed by atoms with Crippen molar-refractivity contribution in [3.8, 4) is 5.75 Å². The Morgan fingerprint density at radius 2 is 1.90 bits per heavy atom. The van der Waals surface area contributed by atoms with Crippen LogP contribution < -0.4 is 21.4 Å². The van der Waals surface area contributed by atoms with E-state index in [1.54, 1.807) is 31.3 Å². The van der Waals surface area contributed by atoms with Crippen molar-refractivity contribution in [1.29, 1.82) is 0 Å². The van der Waals surface area contributed by atoms with Crippen molar-refractivity contribution in [3.05, 3.63) is 70.0 Å². The van der Waals surface area contributed by atoms with E-state index in [2.05, 4.69) is 15.0 Å². The topological polar surface area (TPSA) is 230 Å². The number of hydrogen-bond donors (Lipinski definition) is 7. The molecule has 228 valence electrons. The second-order valence-corrected chi connectivity index (χ2v) is 12.1. The van der Waals surface area contributed by atoms with Gasteiger partial charge in [0.05, 0.1) is 31.4 Å². The molecule has 0 aliphatic heterocycles. The van der Waals surface area contributed by atoms with Gasteiger partial charge in [0.15, 0.2) is 0 Å². The molecule has 14 nitrogen and oxygen atoms in total. The fraction of sp³-hybridized carbons (Fsp3) is 0.444. The van der Waals surface area contributed by atoms with Crippen molar-refractivity contribution in [2.75, 3.05) is 24.5 Å². The van der Waals surface area contributed by atoms with Crippen molar-refractivity contribution < 1.29 is 38.1 Å². The summed E-state index contributed by atoms with van der Waals surface area (Å²) in [7, 11) is -2.41. The Morgan fingerprint density at radius 1 is 1.21 bits per heavy atom. The molecule has 2 unspecified atom stereocenters. The molecule has 1 fully saturated rings. The van der Waals surface area contributed by atoms with Crippen LogP contribution in [0.3, 0.4) is 0 Å². The summed E-state index contributed by atoms with van der Waals surface area (Å²) in [6, 6.07) is 6.75. The lowest BCUT2D eigenvalue weighted by Crippen LogP contribution is -2.60. The number of imidazole rings is 1. The van der Waals surface area contributed by atoms with Crippen molar-refractivity contribution in [2.45, 2.75) is 48.3 Å². The summed E-state index contributed by atoms with van der Waals surface area (Å²) < 4.78 is 35.0. The number of aliphatic hydroxyl groups excluding tert-OH is 3. The van der Waals surface area contributed by atoms with Crippen LogP contribution in [0, 0.1) is 5.92 Å². The summed E-state index contributed by atoms with van der Waals surface area (Å²) >= 11 is 0. The van der Waals surface area contributed by atoms with E-state index in [1.807, 2.05) is 0 Å². The molecule has 1 aromatic carbocycles. The minimum Gasteiger partial charge on any atom is -0.507 e. The number of hydrogen-bond acceptors (Lipinski definition) is 11. The molecule has 15 heteroatoms. The van der Waals surface area contributed by atoms with E-state index < -0.39 is 58.9 Å². The fourth-order valence-corrected chi connectivity index (χ4v) is 5.88. The van der Waals surface area contributed by atoms with Crippen molar-refractivity contribution in [3.63, 3.8) is 0 Å². The van der Waals surface area contributed by atoms with E-state index in [0.29, 0.717) is 5.56 Å². The molecule has 0 saturated heterocycles. The van der Waals surface area contributed by atoms with Gasteiger partial charge in [0, 0.05) is 43.5 Å². The smallest absolute Gasteiger partial charge is 0.343 e. The second kappa shape index (κ2) is 12.6. The maximum atomic E-state index is 13.2. The minimum atomic E-state index is -3.97. The van der Waals surface area contributed by atoms with E-state index in [1.165, 1.54) is 23.0 Å². The van der Waals surface area contributed by atoms with Crippen LogP contribution in [-0.4, -0.2) is 75.7 Å². The van der Waals surface area contributed by atoms with Crippen LogP contribution in [-0.2, 0) is 28.3 Å². The van der Waals surface area contributed by atoms with Crippen LogP contribution in [0.4, 0.5) is 5.69 Å². The third-order valence-electron chi connectivity index (χ3n) is 7.27. The number of aromatic nitrogens is 2. The first-order valence-corrected chi connectivity index (χ1v) is 14.8. The number of carbonyl (C=O) groups is 1. The van der Waals surface area contributed by atoms with E-state index in [9.17, 15) is 38.4 Å². The summed E-state index contributed by atoms with van der Waals surface area (Å²) in [4.78, 5) is 29.5. The maximum absolute atomic E-state index is 13.2. The minimum absolute atomic E-state index is 0.00380. The number of aryl methyl sites for hydroxylation is 2. The van der Waals surface area contributed by atoms with Gasteiger partial charge in [0.2, 0.25) is 11.1 Å². The average molecular weight is 606 g/mol. The van der Waals surface area contributed by atoms with Gasteiger partial charge in [-0.1, -0.05) is 12.1 Å². The van der Waals surface area contributed by atoms with Gasteiger partial charge >= 0.3 is 5.63 Å². The summed E-state index contributed by atoms with van der Waals surface area (Å²) in [5.74, 6) is -1.46. The van der Waals surface area contributed by atoms with Crippen molar-refractivity contribution in [1.82, 2.24) is 14.9 Å². The van der Waals surface area contributed by atoms with Gasteiger partial charge in [-0.15, -0.1) is 0 Å². The zero-order chi connectivity index (χ0) is 30.7. The Hall–Kier alpha value is -3.76. The zero-order valence-corrected chi connectivity index (χ0v) is 23.7. The van der Waals surface area contributed by atoms with Gasteiger partial charge in [0.1, 0.15) is 17.0 Å². The van der Waals surface area contributed by atoms with Gasteiger partial charge in [-0.25, -0.2) is 9.78 Å². The molecule has 1 aliphatic carbocycles. The molecule has 2 heterocycles. The molecular formula is C27H35N5O9S. The first-order valence-electron chi connectivity index (χ1n) is 13.3. The van der Waals surface area contributed by atoms with E-state index in [-0.39, 0.29) is 46.7 Å². The highest BCUT2D eigenvalue weighted by Crippen LogP contribution is 2.48. The zero-order valence-electron chi connectivity index (χ0n) is 22.9. The first kappa shape index (κ1) is 31.2. The van der Waals surface area contributed by atoms with Crippen LogP contribution in [0.5, 0.6) is 5.75 Å². The fourth-order valence-electron chi connectivity index (χ4n) is 4.71. The SMILES string of the molecule is Cn1ccnc1S(=O)(=O)Nc1cccc(C(c2c(O)cc(CCC(N)C(=O)NC(CO)(CO)CO)oc2=O)C2CC2)c1. The number of sulfonamides is 1. The monoisotopic (exact) mass is 605 g/mol. The van der Waals surface area contributed by atoms with Gasteiger partial charge in [-0.3, -0.25) is 9.52 Å². The predicted molar refractivity (Wildman–Crippen MR) is 150 cm³/mol. The van der Waals surface area contributed by atoms with Gasteiger partial charge in [-0.05, 0) is 42.9 Å². The predicted octanol–water partition coefficient (Wildman–Crippen LogP) is -0.487. The number of benzene rings is 1. The normalized spacial score (nSPS) is 15.3. The first-order chi connectivity index (χ1) is 19.9.